The van der Waals surface area contributed by atoms with Crippen molar-refractivity contribution < 1.29 is 9.53 Å². The van der Waals surface area contributed by atoms with Crippen molar-refractivity contribution in [1.82, 2.24) is 0 Å². The van der Waals surface area contributed by atoms with Gasteiger partial charge in [0.25, 0.3) is 0 Å². The summed E-state index contributed by atoms with van der Waals surface area (Å²) in [5, 5.41) is 0. The van der Waals surface area contributed by atoms with Gasteiger partial charge >= 0.3 is 0 Å². The molecule has 0 aliphatic rings. The van der Waals surface area contributed by atoms with E-state index in [1.165, 1.54) is 11.6 Å². The van der Waals surface area contributed by atoms with E-state index in [0.29, 0.717) is 6.61 Å². The zero-order valence-corrected chi connectivity index (χ0v) is 13.3. The molecule has 0 atom stereocenters. The lowest BCUT2D eigenvalue weighted by molar-refractivity contribution is -0.113. The summed E-state index contributed by atoms with van der Waals surface area (Å²) < 4.78 is 6.62. The highest BCUT2D eigenvalue weighted by molar-refractivity contribution is 9.10. The Morgan fingerprint density at radius 3 is 2.57 bits per heavy atom. The van der Waals surface area contributed by atoms with Crippen LogP contribution in [0.15, 0.2) is 53.0 Å². The number of primary amides is 1. The quantitative estimate of drug-likeness (QED) is 0.837. The maximum absolute atomic E-state index is 10.7. The van der Waals surface area contributed by atoms with Gasteiger partial charge in [-0.15, -0.1) is 0 Å². The number of carbonyl (C=O) groups is 1. The van der Waals surface area contributed by atoms with Crippen LogP contribution in [0, 0.1) is 6.92 Å². The van der Waals surface area contributed by atoms with Crippen LogP contribution in [0.2, 0.25) is 0 Å². The molecule has 4 heteroatoms. The second-order valence-corrected chi connectivity index (χ2v) is 5.55. The van der Waals surface area contributed by atoms with Crippen LogP contribution in [0.5, 0.6) is 5.75 Å². The van der Waals surface area contributed by atoms with Gasteiger partial charge < -0.3 is 10.5 Å². The number of ether oxygens (including phenoxy) is 1. The van der Waals surface area contributed by atoms with Crippen LogP contribution in [-0.2, 0) is 11.4 Å². The highest BCUT2D eigenvalue weighted by Gasteiger charge is 2.02. The summed E-state index contributed by atoms with van der Waals surface area (Å²) in [4.78, 5) is 10.7. The van der Waals surface area contributed by atoms with E-state index >= 15 is 0 Å². The van der Waals surface area contributed by atoms with Gasteiger partial charge in [-0.1, -0.05) is 35.9 Å². The van der Waals surface area contributed by atoms with E-state index in [4.69, 9.17) is 10.5 Å². The van der Waals surface area contributed by atoms with Crippen molar-refractivity contribution in [2.24, 2.45) is 5.73 Å². The molecule has 0 saturated carbocycles. The van der Waals surface area contributed by atoms with Crippen LogP contribution >= 0.6 is 15.9 Å². The summed E-state index contributed by atoms with van der Waals surface area (Å²) in [5.41, 5.74) is 8.29. The van der Waals surface area contributed by atoms with Crippen molar-refractivity contribution in [3.05, 3.63) is 69.7 Å². The van der Waals surface area contributed by atoms with Crippen LogP contribution in [0.25, 0.3) is 6.08 Å². The highest BCUT2D eigenvalue weighted by Crippen LogP contribution is 2.27. The number of benzene rings is 2. The first-order valence-electron chi connectivity index (χ1n) is 6.50. The smallest absolute Gasteiger partial charge is 0.241 e. The number of halogens is 1. The number of hydrogen-bond acceptors (Lipinski definition) is 2. The average Bonchev–Trinajstić information content (AvgIpc) is 2.46. The van der Waals surface area contributed by atoms with Crippen LogP contribution in [0.1, 0.15) is 16.7 Å². The van der Waals surface area contributed by atoms with E-state index in [-0.39, 0.29) is 0 Å². The third kappa shape index (κ3) is 4.76. The molecule has 2 N–H and O–H groups in total. The van der Waals surface area contributed by atoms with Gasteiger partial charge in [0.05, 0.1) is 4.47 Å². The summed E-state index contributed by atoms with van der Waals surface area (Å²) in [5.74, 6) is 0.289. The van der Waals surface area contributed by atoms with E-state index in [1.54, 1.807) is 6.08 Å². The summed E-state index contributed by atoms with van der Waals surface area (Å²) in [6.45, 7) is 2.56. The van der Waals surface area contributed by atoms with Gasteiger partial charge in [-0.05, 0) is 52.2 Å². The standard InChI is InChI=1S/C17H16BrNO2/c1-12-2-4-14(5-3-12)11-21-16-8-6-13(10-15(16)18)7-9-17(19)20/h2-10H,11H2,1H3,(H2,19,20)/b9-7+. The van der Waals surface area contributed by atoms with E-state index in [2.05, 4.69) is 35.0 Å². The fourth-order valence-corrected chi connectivity index (χ4v) is 2.27. The van der Waals surface area contributed by atoms with E-state index in [0.717, 1.165) is 21.3 Å². The van der Waals surface area contributed by atoms with Crippen LogP contribution in [0.3, 0.4) is 0 Å². The average molecular weight is 346 g/mol. The van der Waals surface area contributed by atoms with Gasteiger partial charge in [-0.2, -0.15) is 0 Å². The van der Waals surface area contributed by atoms with Crippen LogP contribution in [-0.4, -0.2) is 5.91 Å². The second kappa shape index (κ2) is 7.09. The molecule has 1 amide bonds. The van der Waals surface area contributed by atoms with Crippen molar-refractivity contribution in [3.8, 4) is 5.75 Å². The largest absolute Gasteiger partial charge is 0.488 e. The second-order valence-electron chi connectivity index (χ2n) is 4.70. The molecule has 0 aliphatic carbocycles. The zero-order valence-electron chi connectivity index (χ0n) is 11.7. The molecule has 2 rings (SSSR count). The van der Waals surface area contributed by atoms with Gasteiger partial charge in [0, 0.05) is 6.08 Å². The topological polar surface area (TPSA) is 52.3 Å². The number of aryl methyl sites for hydroxylation is 1. The fourth-order valence-electron chi connectivity index (χ4n) is 1.76. The Morgan fingerprint density at radius 2 is 1.95 bits per heavy atom. The van der Waals surface area contributed by atoms with E-state index < -0.39 is 5.91 Å². The third-order valence-electron chi connectivity index (χ3n) is 2.91. The molecule has 0 spiro atoms. The van der Waals surface area contributed by atoms with E-state index in [9.17, 15) is 4.79 Å². The lowest BCUT2D eigenvalue weighted by atomic mass is 10.1. The number of carbonyl (C=O) groups excluding carboxylic acids is 1. The SMILES string of the molecule is Cc1ccc(COc2ccc(/C=C/C(N)=O)cc2Br)cc1. The molecule has 0 saturated heterocycles. The minimum absolute atomic E-state index is 0.467. The van der Waals surface area contributed by atoms with Crippen molar-refractivity contribution in [3.63, 3.8) is 0 Å². The van der Waals surface area contributed by atoms with Gasteiger partial charge in [0.2, 0.25) is 5.91 Å². The summed E-state index contributed by atoms with van der Waals surface area (Å²) in [6, 6.07) is 13.8. The highest BCUT2D eigenvalue weighted by atomic mass is 79.9. The Labute approximate surface area is 132 Å². The molecule has 2 aromatic carbocycles. The Balaban J connectivity index is 2.04. The molecule has 0 unspecified atom stereocenters. The van der Waals surface area contributed by atoms with Crippen LogP contribution < -0.4 is 10.5 Å². The first-order chi connectivity index (χ1) is 10.0. The summed E-state index contributed by atoms with van der Waals surface area (Å²) in [6.07, 6.45) is 2.99. The number of hydrogen-bond donors (Lipinski definition) is 1. The van der Waals surface area contributed by atoms with Crippen molar-refractivity contribution in [2.45, 2.75) is 13.5 Å². The van der Waals surface area contributed by atoms with Gasteiger partial charge in [0.1, 0.15) is 12.4 Å². The van der Waals surface area contributed by atoms with E-state index in [1.807, 2.05) is 30.3 Å². The molecule has 0 aliphatic heterocycles. The molecule has 0 radical (unpaired) electrons. The first kappa shape index (κ1) is 15.3. The predicted octanol–water partition coefficient (Wildman–Crippen LogP) is 3.84. The Morgan fingerprint density at radius 1 is 1.24 bits per heavy atom. The molecule has 0 aromatic heterocycles. The molecule has 21 heavy (non-hydrogen) atoms. The lowest BCUT2D eigenvalue weighted by Crippen LogP contribution is -2.05. The van der Waals surface area contributed by atoms with Gasteiger partial charge in [-0.3, -0.25) is 4.79 Å². The minimum Gasteiger partial charge on any atom is -0.488 e. The molecule has 3 nitrogen and oxygen atoms in total. The third-order valence-corrected chi connectivity index (χ3v) is 3.53. The van der Waals surface area contributed by atoms with Crippen molar-refractivity contribution in [2.75, 3.05) is 0 Å². The fraction of sp³-hybridized carbons (Fsp3) is 0.118. The summed E-state index contributed by atoms with van der Waals surface area (Å²) in [7, 11) is 0. The zero-order chi connectivity index (χ0) is 15.2. The van der Waals surface area contributed by atoms with Gasteiger partial charge in [0.15, 0.2) is 0 Å². The predicted molar refractivity (Wildman–Crippen MR) is 87.9 cm³/mol. The molecule has 0 fully saturated rings. The van der Waals surface area contributed by atoms with Crippen LogP contribution in [0.4, 0.5) is 0 Å². The van der Waals surface area contributed by atoms with Gasteiger partial charge in [-0.25, -0.2) is 0 Å². The Bertz CT molecular complexity index is 663. The van der Waals surface area contributed by atoms with Crippen molar-refractivity contribution >= 4 is 27.9 Å². The molecule has 0 heterocycles. The number of nitrogens with two attached hydrogens (primary N) is 1. The maximum Gasteiger partial charge on any atom is 0.241 e. The lowest BCUT2D eigenvalue weighted by Gasteiger charge is -2.09. The maximum atomic E-state index is 10.7. The molecule has 2 aromatic rings. The molecule has 0 bridgehead atoms. The monoisotopic (exact) mass is 345 g/mol. The first-order valence-corrected chi connectivity index (χ1v) is 7.29. The number of rotatable bonds is 5. The Kier molecular flexibility index (Phi) is 5.17. The minimum atomic E-state index is -0.467. The molecule has 108 valence electrons. The van der Waals surface area contributed by atoms with Crippen molar-refractivity contribution in [1.29, 1.82) is 0 Å². The molecular weight excluding hydrogens is 330 g/mol. The summed E-state index contributed by atoms with van der Waals surface area (Å²) >= 11 is 3.46. The molecular formula is C17H16BrNO2. The number of amides is 1. The normalized spacial score (nSPS) is 10.8. The Hall–Kier alpha value is -2.07.